The number of carbonyl (C=O) groups excluding carboxylic acids is 1. The molecule has 1 saturated heterocycles. The molecule has 0 saturated carbocycles. The molecular formula is C11H11BrCl2N2O. The SMILES string of the molecule is CN1CCC(Nc2c(Cl)cc(Br)cc2Cl)C1=O. The number of halogens is 3. The molecular weight excluding hydrogens is 327 g/mol. The number of carbonyl (C=O) groups is 1. The maximum atomic E-state index is 11.8. The van der Waals surface area contributed by atoms with Crippen LogP contribution in [-0.4, -0.2) is 30.4 Å². The molecule has 1 heterocycles. The first-order chi connectivity index (χ1) is 7.99. The van der Waals surface area contributed by atoms with Crippen LogP contribution in [0.3, 0.4) is 0 Å². The van der Waals surface area contributed by atoms with E-state index in [0.717, 1.165) is 17.4 Å². The molecule has 1 fully saturated rings. The first-order valence-electron chi connectivity index (χ1n) is 5.15. The Morgan fingerprint density at radius 3 is 2.47 bits per heavy atom. The molecule has 2 rings (SSSR count). The van der Waals surface area contributed by atoms with Crippen LogP contribution >= 0.6 is 39.1 Å². The summed E-state index contributed by atoms with van der Waals surface area (Å²) < 4.78 is 0.813. The Morgan fingerprint density at radius 1 is 1.41 bits per heavy atom. The first-order valence-corrected chi connectivity index (χ1v) is 6.70. The minimum atomic E-state index is -0.240. The van der Waals surface area contributed by atoms with E-state index in [4.69, 9.17) is 23.2 Å². The largest absolute Gasteiger partial charge is 0.371 e. The molecule has 17 heavy (non-hydrogen) atoms. The van der Waals surface area contributed by atoms with Gasteiger partial charge in [0.25, 0.3) is 0 Å². The fraction of sp³-hybridized carbons (Fsp3) is 0.364. The van der Waals surface area contributed by atoms with Crippen molar-refractivity contribution in [1.29, 1.82) is 0 Å². The zero-order valence-corrected chi connectivity index (χ0v) is 12.2. The van der Waals surface area contributed by atoms with Gasteiger partial charge in [0.2, 0.25) is 5.91 Å². The van der Waals surface area contributed by atoms with Gasteiger partial charge in [-0.3, -0.25) is 4.79 Å². The molecule has 0 bridgehead atoms. The van der Waals surface area contributed by atoms with E-state index < -0.39 is 0 Å². The second kappa shape index (κ2) is 5.04. The van der Waals surface area contributed by atoms with Crippen molar-refractivity contribution < 1.29 is 4.79 Å². The first kappa shape index (κ1) is 13.0. The topological polar surface area (TPSA) is 32.3 Å². The van der Waals surface area contributed by atoms with Crippen molar-refractivity contribution in [2.24, 2.45) is 0 Å². The van der Waals surface area contributed by atoms with E-state index in [1.54, 1.807) is 24.1 Å². The standard InChI is InChI=1S/C11H11BrCl2N2O/c1-16-3-2-9(11(16)17)15-10-7(13)4-6(12)5-8(10)14/h4-5,9,15H,2-3H2,1H3. The van der Waals surface area contributed by atoms with Crippen LogP contribution in [-0.2, 0) is 4.79 Å². The van der Waals surface area contributed by atoms with Crippen molar-refractivity contribution in [3.8, 4) is 0 Å². The van der Waals surface area contributed by atoms with Crippen LogP contribution in [0.25, 0.3) is 0 Å². The molecule has 1 aromatic rings. The van der Waals surface area contributed by atoms with Gasteiger partial charge in [-0.15, -0.1) is 0 Å². The van der Waals surface area contributed by atoms with Crippen LogP contribution in [0.5, 0.6) is 0 Å². The molecule has 6 heteroatoms. The molecule has 1 N–H and O–H groups in total. The summed E-state index contributed by atoms with van der Waals surface area (Å²) >= 11 is 15.5. The Bertz CT molecular complexity index is 444. The lowest BCUT2D eigenvalue weighted by molar-refractivity contribution is -0.127. The Kier molecular flexibility index (Phi) is 3.85. The van der Waals surface area contributed by atoms with Gasteiger partial charge in [0, 0.05) is 18.1 Å². The molecule has 1 aliphatic rings. The van der Waals surface area contributed by atoms with Gasteiger partial charge in [-0.2, -0.15) is 0 Å². The van der Waals surface area contributed by atoms with E-state index in [9.17, 15) is 4.79 Å². The fourth-order valence-corrected chi connectivity index (χ4v) is 3.13. The predicted molar refractivity (Wildman–Crippen MR) is 73.8 cm³/mol. The lowest BCUT2D eigenvalue weighted by Crippen LogP contribution is -2.31. The minimum absolute atomic E-state index is 0.0695. The summed E-state index contributed by atoms with van der Waals surface area (Å²) in [5, 5.41) is 4.12. The van der Waals surface area contributed by atoms with Gasteiger partial charge in [-0.25, -0.2) is 0 Å². The van der Waals surface area contributed by atoms with Gasteiger partial charge in [0.15, 0.2) is 0 Å². The molecule has 1 aliphatic heterocycles. The summed E-state index contributed by atoms with van der Waals surface area (Å²) in [5.41, 5.74) is 0.616. The molecule has 0 spiro atoms. The van der Waals surface area contributed by atoms with E-state index in [1.165, 1.54) is 0 Å². The monoisotopic (exact) mass is 336 g/mol. The molecule has 1 unspecified atom stereocenters. The van der Waals surface area contributed by atoms with Crippen molar-refractivity contribution in [2.75, 3.05) is 18.9 Å². The van der Waals surface area contributed by atoms with Crippen molar-refractivity contribution in [3.05, 3.63) is 26.7 Å². The smallest absolute Gasteiger partial charge is 0.244 e. The second-order valence-electron chi connectivity index (χ2n) is 3.99. The fourth-order valence-electron chi connectivity index (χ4n) is 1.81. The summed E-state index contributed by atoms with van der Waals surface area (Å²) in [6.07, 6.45) is 0.762. The van der Waals surface area contributed by atoms with Crippen LogP contribution in [0.1, 0.15) is 6.42 Å². The lowest BCUT2D eigenvalue weighted by Gasteiger charge is -2.16. The molecule has 3 nitrogen and oxygen atoms in total. The Balaban J connectivity index is 2.22. The summed E-state index contributed by atoms with van der Waals surface area (Å²) in [5.74, 6) is 0.0695. The van der Waals surface area contributed by atoms with E-state index in [0.29, 0.717) is 15.7 Å². The number of rotatable bonds is 2. The van der Waals surface area contributed by atoms with Crippen molar-refractivity contribution >= 4 is 50.7 Å². The van der Waals surface area contributed by atoms with E-state index >= 15 is 0 Å². The summed E-state index contributed by atoms with van der Waals surface area (Å²) in [6, 6.07) is 3.26. The maximum absolute atomic E-state index is 11.8. The predicted octanol–water partition coefficient (Wildman–Crippen LogP) is 3.40. The number of hydrogen-bond donors (Lipinski definition) is 1. The number of amides is 1. The van der Waals surface area contributed by atoms with Gasteiger partial charge in [0.05, 0.1) is 15.7 Å². The molecule has 0 radical (unpaired) electrons. The minimum Gasteiger partial charge on any atom is -0.371 e. The third kappa shape index (κ3) is 2.69. The summed E-state index contributed by atoms with van der Waals surface area (Å²) in [6.45, 7) is 0.752. The third-order valence-electron chi connectivity index (χ3n) is 2.75. The molecule has 0 aromatic heterocycles. The van der Waals surface area contributed by atoms with Crippen LogP contribution < -0.4 is 5.32 Å². The normalized spacial score (nSPS) is 19.9. The summed E-state index contributed by atoms with van der Waals surface area (Å²) in [4.78, 5) is 13.5. The van der Waals surface area contributed by atoms with Gasteiger partial charge < -0.3 is 10.2 Å². The number of likely N-dealkylation sites (tertiary alicyclic amines) is 1. The lowest BCUT2D eigenvalue weighted by atomic mass is 10.2. The van der Waals surface area contributed by atoms with Gasteiger partial charge >= 0.3 is 0 Å². The van der Waals surface area contributed by atoms with E-state index in [-0.39, 0.29) is 11.9 Å². The van der Waals surface area contributed by atoms with E-state index in [2.05, 4.69) is 21.2 Å². The number of hydrogen-bond acceptors (Lipinski definition) is 2. The van der Waals surface area contributed by atoms with Gasteiger partial charge in [-0.1, -0.05) is 39.1 Å². The van der Waals surface area contributed by atoms with Crippen molar-refractivity contribution in [1.82, 2.24) is 4.90 Å². The molecule has 0 aliphatic carbocycles. The maximum Gasteiger partial charge on any atom is 0.244 e. The Hall–Kier alpha value is -0.450. The average Bonchev–Trinajstić information content (AvgIpc) is 2.54. The number of benzene rings is 1. The second-order valence-corrected chi connectivity index (χ2v) is 5.72. The Morgan fingerprint density at radius 2 is 2.00 bits per heavy atom. The Labute approximate surface area is 118 Å². The highest BCUT2D eigenvalue weighted by atomic mass is 79.9. The number of nitrogens with one attached hydrogen (secondary N) is 1. The van der Waals surface area contributed by atoms with Crippen molar-refractivity contribution in [3.63, 3.8) is 0 Å². The molecule has 1 aromatic carbocycles. The highest BCUT2D eigenvalue weighted by Crippen LogP contribution is 2.35. The molecule has 1 amide bonds. The zero-order valence-electron chi connectivity index (χ0n) is 9.14. The van der Waals surface area contributed by atoms with E-state index in [1.807, 2.05) is 0 Å². The number of nitrogens with zero attached hydrogens (tertiary/aromatic N) is 1. The average molecular weight is 338 g/mol. The van der Waals surface area contributed by atoms with Crippen LogP contribution in [0.2, 0.25) is 10.0 Å². The quantitative estimate of drug-likeness (QED) is 0.897. The highest BCUT2D eigenvalue weighted by Gasteiger charge is 2.29. The molecule has 92 valence electrons. The third-order valence-corrected chi connectivity index (χ3v) is 3.81. The van der Waals surface area contributed by atoms with Gasteiger partial charge in [0.1, 0.15) is 6.04 Å². The van der Waals surface area contributed by atoms with Crippen LogP contribution in [0.4, 0.5) is 5.69 Å². The van der Waals surface area contributed by atoms with Crippen LogP contribution in [0.15, 0.2) is 16.6 Å². The molecule has 1 atom stereocenters. The van der Waals surface area contributed by atoms with Crippen LogP contribution in [0, 0.1) is 0 Å². The van der Waals surface area contributed by atoms with Crippen molar-refractivity contribution in [2.45, 2.75) is 12.5 Å². The number of likely N-dealkylation sites (N-methyl/N-ethyl adjacent to an activating group) is 1. The highest BCUT2D eigenvalue weighted by molar-refractivity contribution is 9.10. The summed E-state index contributed by atoms with van der Waals surface area (Å²) in [7, 11) is 1.79. The zero-order chi connectivity index (χ0) is 12.6. The number of anilines is 1. The van der Waals surface area contributed by atoms with Gasteiger partial charge in [-0.05, 0) is 18.6 Å².